The van der Waals surface area contributed by atoms with E-state index in [0.717, 1.165) is 101 Å². The van der Waals surface area contributed by atoms with E-state index in [1.165, 1.54) is 0 Å². The number of hydrogen-bond donors (Lipinski definition) is 6. The van der Waals surface area contributed by atoms with Crippen molar-refractivity contribution in [1.82, 2.24) is 21.7 Å². The molecule has 0 bridgehead atoms. The molecule has 0 aliphatic heterocycles. The predicted octanol–water partition coefficient (Wildman–Crippen LogP) is 7.47. The van der Waals surface area contributed by atoms with E-state index >= 15 is 0 Å². The van der Waals surface area contributed by atoms with Crippen molar-refractivity contribution in [3.8, 4) is 11.5 Å². The van der Waals surface area contributed by atoms with Gasteiger partial charge in [-0.05, 0) is 61.8 Å². The van der Waals surface area contributed by atoms with Crippen LogP contribution in [0.1, 0.15) is 161 Å². The molecular weight excluding hydrogens is 608 g/mol. The molecule has 2 rings (SSSR count). The molecule has 0 aliphatic rings. The first-order valence-electron chi connectivity index (χ1n) is 18.1. The fourth-order valence-electron chi connectivity index (χ4n) is 5.58. The normalized spacial score (nSPS) is 10.8. The second-order valence-electron chi connectivity index (χ2n) is 12.6. The number of para-hydroxylation sites is 2. The van der Waals surface area contributed by atoms with Gasteiger partial charge in [0.25, 0.3) is 11.8 Å². The summed E-state index contributed by atoms with van der Waals surface area (Å²) in [6.45, 7) is 4.29. The Kier molecular flexibility index (Phi) is 20.1. The summed E-state index contributed by atoms with van der Waals surface area (Å²) in [6.07, 6.45) is 17.9. The van der Waals surface area contributed by atoms with E-state index in [-0.39, 0.29) is 34.4 Å². The largest absolute Gasteiger partial charge is 0.507 e. The number of amides is 4. The van der Waals surface area contributed by atoms with Gasteiger partial charge in [-0.3, -0.25) is 40.9 Å². The standard InChI is InChI=1S/C38H58N4O6/c1-3-5-7-15-21-29-23-19-25-31(35(29)45)37(47)41-39-33(43)27-17-13-11-9-10-12-14-18-28-34(44)40-42-38(48)32-26-20-24-30(36(32)46)22-16-8-6-4-2/h19-20,23-26,45-46H,3-18,21-22,27-28H2,1-2H3,(H,39,43)(H,40,44)(H,41,47)(H,42,48). The maximum Gasteiger partial charge on any atom is 0.273 e. The van der Waals surface area contributed by atoms with Crippen molar-refractivity contribution in [1.29, 1.82) is 0 Å². The summed E-state index contributed by atoms with van der Waals surface area (Å²) in [7, 11) is 0. The van der Waals surface area contributed by atoms with E-state index in [1.807, 2.05) is 12.1 Å². The summed E-state index contributed by atoms with van der Waals surface area (Å²) in [5, 5.41) is 21.0. The Balaban J connectivity index is 1.50. The third-order valence-corrected chi connectivity index (χ3v) is 8.52. The molecule has 266 valence electrons. The van der Waals surface area contributed by atoms with Crippen LogP contribution in [0.15, 0.2) is 36.4 Å². The summed E-state index contributed by atoms with van der Waals surface area (Å²) < 4.78 is 0. The van der Waals surface area contributed by atoms with E-state index in [9.17, 15) is 29.4 Å². The van der Waals surface area contributed by atoms with Gasteiger partial charge in [-0.2, -0.15) is 0 Å². The number of hydrogen-bond acceptors (Lipinski definition) is 6. The number of phenols is 2. The molecule has 0 aromatic heterocycles. The number of carbonyl (C=O) groups is 4. The molecule has 10 nitrogen and oxygen atoms in total. The maximum atomic E-state index is 12.5. The third kappa shape index (κ3) is 15.7. The zero-order valence-corrected chi connectivity index (χ0v) is 29.1. The van der Waals surface area contributed by atoms with E-state index in [4.69, 9.17) is 0 Å². The minimum absolute atomic E-state index is 0.0279. The van der Waals surface area contributed by atoms with Crippen LogP contribution in [0, 0.1) is 0 Å². The number of carbonyl (C=O) groups excluding carboxylic acids is 4. The number of nitrogens with one attached hydrogen (secondary N) is 4. The molecule has 0 unspecified atom stereocenters. The lowest BCUT2D eigenvalue weighted by molar-refractivity contribution is -0.122. The van der Waals surface area contributed by atoms with Crippen LogP contribution in [0.2, 0.25) is 0 Å². The zero-order valence-electron chi connectivity index (χ0n) is 29.1. The molecule has 0 radical (unpaired) electrons. The lowest BCUT2D eigenvalue weighted by Gasteiger charge is -2.11. The van der Waals surface area contributed by atoms with E-state index in [0.29, 0.717) is 38.5 Å². The first-order valence-corrected chi connectivity index (χ1v) is 18.1. The molecule has 0 heterocycles. The van der Waals surface area contributed by atoms with Crippen molar-refractivity contribution < 1.29 is 29.4 Å². The van der Waals surface area contributed by atoms with Gasteiger partial charge in [0, 0.05) is 12.8 Å². The van der Waals surface area contributed by atoms with Gasteiger partial charge >= 0.3 is 0 Å². The zero-order chi connectivity index (χ0) is 35.0. The second kappa shape index (κ2) is 24.1. The van der Waals surface area contributed by atoms with Crippen molar-refractivity contribution >= 4 is 23.6 Å². The Labute approximate surface area is 286 Å². The number of rotatable bonds is 23. The van der Waals surface area contributed by atoms with Crippen LogP contribution in [0.3, 0.4) is 0 Å². The van der Waals surface area contributed by atoms with Gasteiger partial charge in [0.05, 0.1) is 11.1 Å². The Morgan fingerprint density at radius 3 is 1.21 bits per heavy atom. The third-order valence-electron chi connectivity index (χ3n) is 8.52. The smallest absolute Gasteiger partial charge is 0.273 e. The molecule has 0 atom stereocenters. The molecule has 0 fully saturated rings. The van der Waals surface area contributed by atoms with Crippen LogP contribution in [0.5, 0.6) is 11.5 Å². The van der Waals surface area contributed by atoms with Crippen LogP contribution in [-0.2, 0) is 22.4 Å². The number of aromatic hydroxyl groups is 2. The Morgan fingerprint density at radius 1 is 0.479 bits per heavy atom. The lowest BCUT2D eigenvalue weighted by Crippen LogP contribution is -2.41. The fourth-order valence-corrected chi connectivity index (χ4v) is 5.58. The molecule has 0 saturated carbocycles. The Morgan fingerprint density at radius 2 is 0.833 bits per heavy atom. The highest BCUT2D eigenvalue weighted by atomic mass is 16.3. The summed E-state index contributed by atoms with van der Waals surface area (Å²) in [5.41, 5.74) is 11.5. The van der Waals surface area contributed by atoms with Gasteiger partial charge in [-0.25, -0.2) is 0 Å². The highest BCUT2D eigenvalue weighted by molar-refractivity contribution is 5.98. The van der Waals surface area contributed by atoms with Crippen molar-refractivity contribution in [2.24, 2.45) is 0 Å². The first kappa shape index (κ1) is 40.1. The molecule has 6 N–H and O–H groups in total. The Hall–Kier alpha value is -4.08. The van der Waals surface area contributed by atoms with E-state index in [2.05, 4.69) is 35.6 Å². The Bertz CT molecular complexity index is 1180. The molecule has 0 spiro atoms. The molecule has 0 aliphatic carbocycles. The number of benzene rings is 2. The molecule has 0 saturated heterocycles. The fraction of sp³-hybridized carbons (Fsp3) is 0.579. The summed E-state index contributed by atoms with van der Waals surface area (Å²) in [6, 6.07) is 10.2. The van der Waals surface area contributed by atoms with Gasteiger partial charge in [0.1, 0.15) is 11.5 Å². The predicted molar refractivity (Wildman–Crippen MR) is 189 cm³/mol. The summed E-state index contributed by atoms with van der Waals surface area (Å²) in [4.78, 5) is 49.4. The van der Waals surface area contributed by atoms with Gasteiger partial charge in [-0.1, -0.05) is 115 Å². The monoisotopic (exact) mass is 666 g/mol. The van der Waals surface area contributed by atoms with Crippen molar-refractivity contribution in [2.45, 2.75) is 142 Å². The van der Waals surface area contributed by atoms with Gasteiger partial charge in [-0.15, -0.1) is 0 Å². The molecule has 48 heavy (non-hydrogen) atoms. The van der Waals surface area contributed by atoms with Crippen LogP contribution < -0.4 is 21.7 Å². The quantitative estimate of drug-likeness (QED) is 0.0534. The first-order chi connectivity index (χ1) is 23.3. The van der Waals surface area contributed by atoms with Gasteiger partial charge in [0.2, 0.25) is 11.8 Å². The van der Waals surface area contributed by atoms with E-state index in [1.54, 1.807) is 24.3 Å². The SMILES string of the molecule is CCCCCCc1cccc(C(=O)NNC(=O)CCCCCCCCCCC(=O)NNC(=O)c2cccc(CCCCCC)c2O)c1O. The van der Waals surface area contributed by atoms with Crippen molar-refractivity contribution in [3.63, 3.8) is 0 Å². The van der Waals surface area contributed by atoms with Crippen molar-refractivity contribution in [2.75, 3.05) is 0 Å². The minimum atomic E-state index is -0.534. The van der Waals surface area contributed by atoms with E-state index < -0.39 is 11.8 Å². The summed E-state index contributed by atoms with van der Waals surface area (Å²) >= 11 is 0. The molecule has 2 aromatic rings. The molecule has 2 aromatic carbocycles. The summed E-state index contributed by atoms with van der Waals surface area (Å²) in [5.74, 6) is -1.66. The number of unbranched alkanes of at least 4 members (excludes halogenated alkanes) is 13. The number of aryl methyl sites for hydroxylation is 2. The van der Waals surface area contributed by atoms with Crippen LogP contribution in [-0.4, -0.2) is 33.8 Å². The molecular formula is C38H58N4O6. The van der Waals surface area contributed by atoms with Gasteiger partial charge < -0.3 is 10.2 Å². The topological polar surface area (TPSA) is 157 Å². The minimum Gasteiger partial charge on any atom is -0.507 e. The average molecular weight is 667 g/mol. The molecule has 10 heteroatoms. The van der Waals surface area contributed by atoms with Crippen LogP contribution >= 0.6 is 0 Å². The second-order valence-corrected chi connectivity index (χ2v) is 12.6. The highest BCUT2D eigenvalue weighted by Gasteiger charge is 2.16. The van der Waals surface area contributed by atoms with Crippen molar-refractivity contribution in [3.05, 3.63) is 58.7 Å². The maximum absolute atomic E-state index is 12.5. The molecule has 4 amide bonds. The average Bonchev–Trinajstić information content (AvgIpc) is 3.08. The highest BCUT2D eigenvalue weighted by Crippen LogP contribution is 2.25. The van der Waals surface area contributed by atoms with Gasteiger partial charge in [0.15, 0.2) is 0 Å². The number of phenolic OH excluding ortho intramolecular Hbond substituents is 2. The number of hydrazine groups is 2. The lowest BCUT2D eigenvalue weighted by atomic mass is 10.0. The van der Waals surface area contributed by atoms with Crippen LogP contribution in [0.4, 0.5) is 0 Å². The van der Waals surface area contributed by atoms with Crippen LogP contribution in [0.25, 0.3) is 0 Å².